The molecule has 4 rings (SSSR count). The van der Waals surface area contributed by atoms with E-state index in [0.717, 1.165) is 5.69 Å². The first-order chi connectivity index (χ1) is 12.5. The molecule has 8 heteroatoms. The summed E-state index contributed by atoms with van der Waals surface area (Å²) in [4.78, 5) is 11.3. The van der Waals surface area contributed by atoms with Gasteiger partial charge in [0.1, 0.15) is 5.58 Å². The summed E-state index contributed by atoms with van der Waals surface area (Å²) in [5.41, 5.74) is 0.993. The minimum atomic E-state index is -3.80. The molecular formula is C18H13N3O4S. The summed E-state index contributed by atoms with van der Waals surface area (Å²) in [7, 11) is -3.80. The van der Waals surface area contributed by atoms with Crippen molar-refractivity contribution in [3.8, 4) is 5.69 Å². The number of anilines is 1. The molecule has 0 aliphatic rings. The third-order valence-corrected chi connectivity index (χ3v) is 5.15. The Kier molecular flexibility index (Phi) is 3.81. The van der Waals surface area contributed by atoms with Crippen molar-refractivity contribution < 1.29 is 12.8 Å². The van der Waals surface area contributed by atoms with Crippen molar-refractivity contribution in [3.05, 3.63) is 83.5 Å². The highest BCUT2D eigenvalue weighted by atomic mass is 32.2. The number of aromatic nitrogens is 2. The van der Waals surface area contributed by atoms with Crippen LogP contribution in [-0.4, -0.2) is 18.2 Å². The SMILES string of the molecule is O=c1ccc2cc(S(=O)(=O)Nc3cccc(-n4cccn4)c3)ccc2o1. The van der Waals surface area contributed by atoms with Crippen molar-refractivity contribution in [3.63, 3.8) is 0 Å². The Bertz CT molecular complexity index is 1240. The molecule has 0 bridgehead atoms. The maximum Gasteiger partial charge on any atom is 0.336 e. The van der Waals surface area contributed by atoms with Crippen LogP contribution in [0.5, 0.6) is 0 Å². The standard InChI is InChI=1S/C18H13N3O4S/c22-18-8-5-13-11-16(6-7-17(13)25-18)26(23,24)20-14-3-1-4-15(12-14)21-10-2-9-19-21/h1-12,20H. The first-order valence-electron chi connectivity index (χ1n) is 7.68. The van der Waals surface area contributed by atoms with Crippen LogP contribution in [0.15, 0.2) is 87.2 Å². The molecule has 1 N–H and O–H groups in total. The number of nitrogens with zero attached hydrogens (tertiary/aromatic N) is 2. The van der Waals surface area contributed by atoms with Gasteiger partial charge >= 0.3 is 5.63 Å². The highest BCUT2D eigenvalue weighted by molar-refractivity contribution is 7.92. The fraction of sp³-hybridized carbons (Fsp3) is 0. The van der Waals surface area contributed by atoms with Crippen molar-refractivity contribution >= 4 is 26.7 Å². The topological polar surface area (TPSA) is 94.2 Å². The molecule has 2 aromatic heterocycles. The maximum atomic E-state index is 12.7. The Morgan fingerprint density at radius 2 is 1.88 bits per heavy atom. The molecule has 0 radical (unpaired) electrons. The molecule has 0 atom stereocenters. The monoisotopic (exact) mass is 367 g/mol. The summed E-state index contributed by atoms with van der Waals surface area (Å²) in [6.45, 7) is 0. The van der Waals surface area contributed by atoms with Crippen molar-refractivity contribution in [2.75, 3.05) is 4.72 Å². The number of hydrogen-bond acceptors (Lipinski definition) is 5. The van der Waals surface area contributed by atoms with Crippen LogP contribution in [0, 0.1) is 0 Å². The number of hydrogen-bond donors (Lipinski definition) is 1. The van der Waals surface area contributed by atoms with Gasteiger partial charge in [-0.25, -0.2) is 17.9 Å². The van der Waals surface area contributed by atoms with E-state index in [1.54, 1.807) is 41.3 Å². The lowest BCUT2D eigenvalue weighted by atomic mass is 10.2. The minimum Gasteiger partial charge on any atom is -0.423 e. The Balaban J connectivity index is 1.68. The average Bonchev–Trinajstić information content (AvgIpc) is 3.16. The van der Waals surface area contributed by atoms with Crippen LogP contribution in [-0.2, 0) is 10.0 Å². The highest BCUT2D eigenvalue weighted by Crippen LogP contribution is 2.22. The lowest BCUT2D eigenvalue weighted by Crippen LogP contribution is -2.13. The number of benzene rings is 2. The lowest BCUT2D eigenvalue weighted by Gasteiger charge is -2.10. The van der Waals surface area contributed by atoms with Gasteiger partial charge in [-0.05, 0) is 48.5 Å². The minimum absolute atomic E-state index is 0.0725. The Labute approximate surface area is 148 Å². The van der Waals surface area contributed by atoms with E-state index in [4.69, 9.17) is 4.42 Å². The second-order valence-corrected chi connectivity index (χ2v) is 7.24. The molecule has 0 saturated heterocycles. The van der Waals surface area contributed by atoms with E-state index in [0.29, 0.717) is 16.7 Å². The summed E-state index contributed by atoms with van der Waals surface area (Å²) in [6, 6.07) is 15.8. The Morgan fingerprint density at radius 1 is 1.00 bits per heavy atom. The van der Waals surface area contributed by atoms with E-state index in [1.807, 2.05) is 6.07 Å². The van der Waals surface area contributed by atoms with E-state index >= 15 is 0 Å². The van der Waals surface area contributed by atoms with Crippen molar-refractivity contribution in [1.29, 1.82) is 0 Å². The smallest absolute Gasteiger partial charge is 0.336 e. The van der Waals surface area contributed by atoms with Gasteiger partial charge in [-0.15, -0.1) is 0 Å². The van der Waals surface area contributed by atoms with E-state index < -0.39 is 15.6 Å². The van der Waals surface area contributed by atoms with Crippen LogP contribution in [0.25, 0.3) is 16.7 Å². The molecule has 130 valence electrons. The molecule has 0 fully saturated rings. The van der Waals surface area contributed by atoms with Crippen molar-refractivity contribution in [2.24, 2.45) is 0 Å². The van der Waals surface area contributed by atoms with Crippen LogP contribution in [0.1, 0.15) is 0 Å². The average molecular weight is 367 g/mol. The van der Waals surface area contributed by atoms with Gasteiger partial charge in [-0.1, -0.05) is 6.07 Å². The second-order valence-electron chi connectivity index (χ2n) is 5.56. The molecule has 0 spiro atoms. The number of sulfonamides is 1. The molecule has 26 heavy (non-hydrogen) atoms. The maximum absolute atomic E-state index is 12.7. The Hall–Kier alpha value is -3.39. The van der Waals surface area contributed by atoms with E-state index in [9.17, 15) is 13.2 Å². The fourth-order valence-corrected chi connectivity index (χ4v) is 3.65. The zero-order valence-electron chi connectivity index (χ0n) is 13.4. The number of fused-ring (bicyclic) bond motifs is 1. The third kappa shape index (κ3) is 3.09. The lowest BCUT2D eigenvalue weighted by molar-refractivity contribution is 0.560. The zero-order valence-corrected chi connectivity index (χ0v) is 14.2. The van der Waals surface area contributed by atoms with Crippen LogP contribution in [0.3, 0.4) is 0 Å². The van der Waals surface area contributed by atoms with E-state index in [2.05, 4.69) is 9.82 Å². The predicted molar refractivity (Wildman–Crippen MR) is 96.9 cm³/mol. The van der Waals surface area contributed by atoms with Crippen LogP contribution < -0.4 is 10.3 Å². The molecular weight excluding hydrogens is 354 g/mol. The number of rotatable bonds is 4. The van der Waals surface area contributed by atoms with Gasteiger partial charge in [-0.3, -0.25) is 4.72 Å². The van der Waals surface area contributed by atoms with Gasteiger partial charge in [0.05, 0.1) is 16.3 Å². The fourth-order valence-electron chi connectivity index (χ4n) is 2.56. The van der Waals surface area contributed by atoms with Crippen LogP contribution in [0.4, 0.5) is 5.69 Å². The molecule has 0 unspecified atom stereocenters. The molecule has 2 heterocycles. The molecule has 7 nitrogen and oxygen atoms in total. The largest absolute Gasteiger partial charge is 0.423 e. The summed E-state index contributed by atoms with van der Waals surface area (Å²) in [5.74, 6) is 0. The van der Waals surface area contributed by atoms with Crippen LogP contribution in [0.2, 0.25) is 0 Å². The Morgan fingerprint density at radius 3 is 2.69 bits per heavy atom. The molecule has 0 aliphatic carbocycles. The molecule has 0 aliphatic heterocycles. The molecule has 4 aromatic rings. The van der Waals surface area contributed by atoms with Gasteiger partial charge in [-0.2, -0.15) is 5.10 Å². The summed E-state index contributed by atoms with van der Waals surface area (Å²) in [5, 5.41) is 4.65. The summed E-state index contributed by atoms with van der Waals surface area (Å²) < 4.78 is 34.6. The van der Waals surface area contributed by atoms with Crippen molar-refractivity contribution in [2.45, 2.75) is 4.90 Å². The quantitative estimate of drug-likeness (QED) is 0.560. The van der Waals surface area contributed by atoms with Crippen LogP contribution >= 0.6 is 0 Å². The zero-order chi connectivity index (χ0) is 18.1. The van der Waals surface area contributed by atoms with Gasteiger partial charge in [0.15, 0.2) is 0 Å². The second kappa shape index (κ2) is 6.16. The summed E-state index contributed by atoms with van der Waals surface area (Å²) in [6.07, 6.45) is 3.41. The molecule has 0 amide bonds. The van der Waals surface area contributed by atoms with E-state index in [-0.39, 0.29) is 4.90 Å². The number of nitrogens with one attached hydrogen (secondary N) is 1. The third-order valence-electron chi connectivity index (χ3n) is 3.77. The van der Waals surface area contributed by atoms with E-state index in [1.165, 1.54) is 30.3 Å². The summed E-state index contributed by atoms with van der Waals surface area (Å²) >= 11 is 0. The van der Waals surface area contributed by atoms with Gasteiger partial charge in [0, 0.05) is 23.8 Å². The molecule has 0 saturated carbocycles. The first-order valence-corrected chi connectivity index (χ1v) is 9.16. The van der Waals surface area contributed by atoms with Gasteiger partial charge < -0.3 is 4.42 Å². The molecule has 2 aromatic carbocycles. The van der Waals surface area contributed by atoms with Gasteiger partial charge in [0.2, 0.25) is 0 Å². The first kappa shape index (κ1) is 16.1. The predicted octanol–water partition coefficient (Wildman–Crippen LogP) is 2.78. The van der Waals surface area contributed by atoms with Gasteiger partial charge in [0.25, 0.3) is 10.0 Å². The van der Waals surface area contributed by atoms with Crippen molar-refractivity contribution in [1.82, 2.24) is 9.78 Å². The highest BCUT2D eigenvalue weighted by Gasteiger charge is 2.15. The normalized spacial score (nSPS) is 11.5.